The van der Waals surface area contributed by atoms with Crippen molar-refractivity contribution in [1.82, 2.24) is 19.7 Å². The maximum absolute atomic E-state index is 13.2. The van der Waals surface area contributed by atoms with Gasteiger partial charge in [0.25, 0.3) is 0 Å². The molecule has 0 spiro atoms. The first-order valence-electron chi connectivity index (χ1n) is 8.38. The Morgan fingerprint density at radius 3 is 2.44 bits per heavy atom. The number of carbonyl (C=O) groups excluding carboxylic acids is 1. The molecule has 0 atom stereocenters. The number of ether oxygens (including phenoxy) is 2. The number of esters is 1. The minimum absolute atomic E-state index is 0.0116. The fourth-order valence-corrected chi connectivity index (χ4v) is 2.46. The summed E-state index contributed by atoms with van der Waals surface area (Å²) in [4.78, 5) is 20.0. The molecule has 0 aliphatic heterocycles. The SMILES string of the molecule is CCOC(=O)c1c(CC)cc(C(F)(F)F)nc1COCc1nc(C)n(C)n1. The molecule has 7 nitrogen and oxygen atoms in total. The standard InChI is InChI=1S/C17H21F3N4O3/c1-5-11-7-13(17(18,19)20)22-12(15(11)16(25)27-6-2)8-26-9-14-21-10(3)24(4)23-14/h7H,5-6,8-9H2,1-4H3. The highest BCUT2D eigenvalue weighted by Gasteiger charge is 2.35. The lowest BCUT2D eigenvalue weighted by Crippen LogP contribution is -2.18. The molecule has 0 aromatic carbocycles. The molecule has 2 rings (SSSR count). The number of hydrogen-bond acceptors (Lipinski definition) is 6. The second-order valence-corrected chi connectivity index (χ2v) is 5.75. The van der Waals surface area contributed by atoms with Gasteiger partial charge in [0.15, 0.2) is 5.82 Å². The first-order chi connectivity index (χ1) is 12.7. The normalized spacial score (nSPS) is 11.7. The van der Waals surface area contributed by atoms with Crippen molar-refractivity contribution < 1.29 is 27.4 Å². The van der Waals surface area contributed by atoms with Crippen LogP contribution < -0.4 is 0 Å². The highest BCUT2D eigenvalue weighted by atomic mass is 19.4. The van der Waals surface area contributed by atoms with Crippen LogP contribution in [-0.2, 0) is 42.3 Å². The van der Waals surface area contributed by atoms with Gasteiger partial charge < -0.3 is 9.47 Å². The molecule has 2 aromatic rings. The predicted octanol–water partition coefficient (Wildman–Crippen LogP) is 2.99. The minimum atomic E-state index is -4.63. The van der Waals surface area contributed by atoms with Crippen molar-refractivity contribution in [3.05, 3.63) is 40.2 Å². The molecule has 0 bridgehead atoms. The number of nitrogens with zero attached hydrogens (tertiary/aromatic N) is 4. The Balaban J connectivity index is 2.33. The van der Waals surface area contributed by atoms with Crippen LogP contribution in [0, 0.1) is 6.92 Å². The first-order valence-corrected chi connectivity index (χ1v) is 8.38. The lowest BCUT2D eigenvalue weighted by molar-refractivity contribution is -0.141. The lowest BCUT2D eigenvalue weighted by Gasteiger charge is -2.16. The minimum Gasteiger partial charge on any atom is -0.462 e. The van der Waals surface area contributed by atoms with Gasteiger partial charge in [0.05, 0.1) is 24.5 Å². The maximum Gasteiger partial charge on any atom is 0.433 e. The van der Waals surface area contributed by atoms with Crippen molar-refractivity contribution in [2.75, 3.05) is 6.61 Å². The van der Waals surface area contributed by atoms with Crippen molar-refractivity contribution >= 4 is 5.97 Å². The molecule has 148 valence electrons. The Hall–Kier alpha value is -2.49. The van der Waals surface area contributed by atoms with Gasteiger partial charge in [-0.15, -0.1) is 0 Å². The van der Waals surface area contributed by atoms with E-state index in [-0.39, 0.29) is 43.1 Å². The quantitative estimate of drug-likeness (QED) is 0.681. The molecule has 27 heavy (non-hydrogen) atoms. The summed E-state index contributed by atoms with van der Waals surface area (Å²) in [5.74, 6) is 0.336. The second kappa shape index (κ2) is 8.47. The largest absolute Gasteiger partial charge is 0.462 e. The smallest absolute Gasteiger partial charge is 0.433 e. The molecule has 0 unspecified atom stereocenters. The highest BCUT2D eigenvalue weighted by molar-refractivity contribution is 5.92. The van der Waals surface area contributed by atoms with E-state index in [1.54, 1.807) is 32.5 Å². The molecule has 2 aromatic heterocycles. The van der Waals surface area contributed by atoms with Gasteiger partial charge in [-0.05, 0) is 31.9 Å². The Morgan fingerprint density at radius 2 is 1.93 bits per heavy atom. The summed E-state index contributed by atoms with van der Waals surface area (Å²) in [5.41, 5.74) is -0.968. The van der Waals surface area contributed by atoms with Gasteiger partial charge in [0.2, 0.25) is 0 Å². The lowest BCUT2D eigenvalue weighted by atomic mass is 10.0. The van der Waals surface area contributed by atoms with Crippen LogP contribution in [0.25, 0.3) is 0 Å². The van der Waals surface area contributed by atoms with Crippen LogP contribution in [0.3, 0.4) is 0 Å². The number of carbonyl (C=O) groups is 1. The summed E-state index contributed by atoms with van der Waals surface area (Å²) in [6, 6.07) is 0.874. The van der Waals surface area contributed by atoms with E-state index in [9.17, 15) is 18.0 Å². The van der Waals surface area contributed by atoms with Gasteiger partial charge >= 0.3 is 12.1 Å². The van der Waals surface area contributed by atoms with E-state index in [0.717, 1.165) is 6.07 Å². The fourth-order valence-electron chi connectivity index (χ4n) is 2.46. The van der Waals surface area contributed by atoms with Gasteiger partial charge in [-0.25, -0.2) is 14.8 Å². The molecule has 2 heterocycles. The molecular weight excluding hydrogens is 365 g/mol. The summed E-state index contributed by atoms with van der Waals surface area (Å²) in [6.45, 7) is 4.80. The van der Waals surface area contributed by atoms with Crippen LogP contribution in [0.5, 0.6) is 0 Å². The number of aromatic nitrogens is 4. The Labute approximate surface area is 154 Å². The molecule has 0 aliphatic carbocycles. The summed E-state index contributed by atoms with van der Waals surface area (Å²) >= 11 is 0. The zero-order chi connectivity index (χ0) is 20.2. The van der Waals surface area contributed by atoms with E-state index in [1.807, 2.05) is 0 Å². The highest BCUT2D eigenvalue weighted by Crippen LogP contribution is 2.30. The molecule has 0 N–H and O–H groups in total. The molecule has 0 saturated heterocycles. The van der Waals surface area contributed by atoms with Crippen LogP contribution in [0.15, 0.2) is 6.07 Å². The first kappa shape index (κ1) is 20.8. The van der Waals surface area contributed by atoms with Crippen LogP contribution in [0.2, 0.25) is 0 Å². The summed E-state index contributed by atoms with van der Waals surface area (Å²) in [5, 5.41) is 4.11. The van der Waals surface area contributed by atoms with Crippen LogP contribution >= 0.6 is 0 Å². The van der Waals surface area contributed by atoms with Crippen molar-refractivity contribution in [3.8, 4) is 0 Å². The zero-order valence-corrected chi connectivity index (χ0v) is 15.6. The number of hydrogen-bond donors (Lipinski definition) is 0. The molecular formula is C17H21F3N4O3. The van der Waals surface area contributed by atoms with Gasteiger partial charge in [-0.1, -0.05) is 6.92 Å². The topological polar surface area (TPSA) is 79.1 Å². The third kappa shape index (κ3) is 5.03. The fraction of sp³-hybridized carbons (Fsp3) is 0.529. The third-order valence-electron chi connectivity index (χ3n) is 3.82. The number of pyridine rings is 1. The molecule has 0 fully saturated rings. The third-order valence-corrected chi connectivity index (χ3v) is 3.82. The molecule has 0 saturated carbocycles. The second-order valence-electron chi connectivity index (χ2n) is 5.75. The predicted molar refractivity (Wildman–Crippen MR) is 88.8 cm³/mol. The van der Waals surface area contributed by atoms with E-state index < -0.39 is 17.8 Å². The number of halogens is 3. The van der Waals surface area contributed by atoms with Gasteiger partial charge in [0, 0.05) is 7.05 Å². The van der Waals surface area contributed by atoms with Crippen molar-refractivity contribution in [2.45, 2.75) is 46.6 Å². The number of rotatable bonds is 7. The molecule has 0 radical (unpaired) electrons. The molecule has 0 aliphatic rings. The Kier molecular flexibility index (Phi) is 6.53. The molecule has 10 heteroatoms. The van der Waals surface area contributed by atoms with Crippen LogP contribution in [-0.4, -0.2) is 32.3 Å². The van der Waals surface area contributed by atoms with Gasteiger partial charge in [-0.2, -0.15) is 18.3 Å². The average molecular weight is 386 g/mol. The van der Waals surface area contributed by atoms with E-state index in [1.165, 1.54) is 0 Å². The number of aryl methyl sites for hydroxylation is 3. The Morgan fingerprint density at radius 1 is 1.22 bits per heavy atom. The average Bonchev–Trinajstić information content (AvgIpc) is 2.91. The summed E-state index contributed by atoms with van der Waals surface area (Å²) in [6.07, 6.45) is -4.42. The monoisotopic (exact) mass is 386 g/mol. The van der Waals surface area contributed by atoms with E-state index >= 15 is 0 Å². The summed E-state index contributed by atoms with van der Waals surface area (Å²) < 4.78 is 51.4. The van der Waals surface area contributed by atoms with Crippen molar-refractivity contribution in [3.63, 3.8) is 0 Å². The van der Waals surface area contributed by atoms with Crippen LogP contribution in [0.1, 0.15) is 52.8 Å². The molecule has 0 amide bonds. The van der Waals surface area contributed by atoms with Gasteiger partial charge in [-0.3, -0.25) is 4.68 Å². The van der Waals surface area contributed by atoms with Gasteiger partial charge in [0.1, 0.15) is 18.1 Å². The maximum atomic E-state index is 13.2. The van der Waals surface area contributed by atoms with E-state index in [2.05, 4.69) is 15.1 Å². The summed E-state index contributed by atoms with van der Waals surface area (Å²) in [7, 11) is 1.71. The zero-order valence-electron chi connectivity index (χ0n) is 15.6. The van der Waals surface area contributed by atoms with E-state index in [4.69, 9.17) is 9.47 Å². The van der Waals surface area contributed by atoms with Crippen molar-refractivity contribution in [2.24, 2.45) is 7.05 Å². The van der Waals surface area contributed by atoms with Crippen LogP contribution in [0.4, 0.5) is 13.2 Å². The number of alkyl halides is 3. The van der Waals surface area contributed by atoms with E-state index in [0.29, 0.717) is 11.6 Å². The van der Waals surface area contributed by atoms with Crippen molar-refractivity contribution in [1.29, 1.82) is 0 Å². The Bertz CT molecular complexity index is 799.